The summed E-state index contributed by atoms with van der Waals surface area (Å²) < 4.78 is 14.1. The highest BCUT2D eigenvalue weighted by Crippen LogP contribution is 2.44. The predicted molar refractivity (Wildman–Crippen MR) is 124 cm³/mol. The number of benzene rings is 1. The summed E-state index contributed by atoms with van der Waals surface area (Å²) in [7, 11) is 0. The van der Waals surface area contributed by atoms with Gasteiger partial charge in [-0.15, -0.1) is 0 Å². The molecule has 1 heteroatoms. The summed E-state index contributed by atoms with van der Waals surface area (Å²) in [6, 6.07) is 7.46. The van der Waals surface area contributed by atoms with Crippen LogP contribution in [0, 0.1) is 23.6 Å². The summed E-state index contributed by atoms with van der Waals surface area (Å²) >= 11 is 0. The van der Waals surface area contributed by atoms with E-state index < -0.39 is 0 Å². The van der Waals surface area contributed by atoms with E-state index in [2.05, 4.69) is 6.92 Å². The van der Waals surface area contributed by atoms with Crippen molar-refractivity contribution in [2.24, 2.45) is 17.8 Å². The fraction of sp³-hybridized carbons (Fsp3) is 0.786. The van der Waals surface area contributed by atoms with E-state index in [1.807, 2.05) is 18.2 Å². The molecule has 0 bridgehead atoms. The Morgan fingerprint density at radius 3 is 1.86 bits per heavy atom. The molecule has 0 spiro atoms. The van der Waals surface area contributed by atoms with E-state index in [1.54, 1.807) is 6.07 Å². The summed E-state index contributed by atoms with van der Waals surface area (Å²) in [4.78, 5) is 0. The molecule has 2 aliphatic carbocycles. The molecule has 2 aliphatic rings. The third-order valence-electron chi connectivity index (χ3n) is 8.14. The lowest BCUT2D eigenvalue weighted by Gasteiger charge is -2.38. The van der Waals surface area contributed by atoms with Crippen LogP contribution in [-0.4, -0.2) is 0 Å². The maximum atomic E-state index is 14.1. The smallest absolute Gasteiger partial charge is 0.126 e. The van der Waals surface area contributed by atoms with Crippen molar-refractivity contribution in [3.05, 3.63) is 35.6 Å². The molecule has 0 aromatic heterocycles. The quantitative estimate of drug-likeness (QED) is 0.324. The van der Waals surface area contributed by atoms with Gasteiger partial charge in [0.05, 0.1) is 0 Å². The first-order chi connectivity index (χ1) is 14.3. The Kier molecular flexibility index (Phi) is 10.0. The van der Waals surface area contributed by atoms with Crippen LogP contribution in [0.4, 0.5) is 4.39 Å². The lowest BCUT2D eigenvalue weighted by atomic mass is 9.68. The van der Waals surface area contributed by atoms with Gasteiger partial charge in [-0.25, -0.2) is 4.39 Å². The molecule has 1 aromatic carbocycles. The van der Waals surface area contributed by atoms with Crippen molar-refractivity contribution < 1.29 is 4.39 Å². The summed E-state index contributed by atoms with van der Waals surface area (Å²) in [6.07, 6.45) is 24.0. The molecule has 0 nitrogen and oxygen atoms in total. The molecule has 0 N–H and O–H groups in total. The SMILES string of the molecule is CCCCCCCCCCC1CCC(C2CCC(c3ccccc3F)CC2)CC1. The molecule has 29 heavy (non-hydrogen) atoms. The zero-order valence-electron chi connectivity index (χ0n) is 19.0. The Bertz CT molecular complexity index is 549. The molecule has 2 saturated carbocycles. The van der Waals surface area contributed by atoms with Gasteiger partial charge in [0.1, 0.15) is 5.82 Å². The summed E-state index contributed by atoms with van der Waals surface area (Å²) in [6.45, 7) is 2.30. The summed E-state index contributed by atoms with van der Waals surface area (Å²) in [5, 5.41) is 0. The molecule has 3 rings (SSSR count). The molecule has 1 aromatic rings. The number of halogens is 1. The van der Waals surface area contributed by atoms with Gasteiger partial charge in [-0.2, -0.15) is 0 Å². The predicted octanol–water partition coefficient (Wildman–Crippen LogP) is 9.44. The monoisotopic (exact) mass is 400 g/mol. The normalized spacial score (nSPS) is 27.8. The van der Waals surface area contributed by atoms with Gasteiger partial charge in [0.15, 0.2) is 0 Å². The minimum Gasteiger partial charge on any atom is -0.207 e. The van der Waals surface area contributed by atoms with Crippen LogP contribution in [0.25, 0.3) is 0 Å². The van der Waals surface area contributed by atoms with Crippen LogP contribution in [0.1, 0.15) is 128 Å². The van der Waals surface area contributed by atoms with Crippen LogP contribution >= 0.6 is 0 Å². The molecule has 0 aliphatic heterocycles. The Balaban J connectivity index is 1.26. The lowest BCUT2D eigenvalue weighted by molar-refractivity contribution is 0.155. The van der Waals surface area contributed by atoms with E-state index in [-0.39, 0.29) is 5.82 Å². The third kappa shape index (κ3) is 7.41. The van der Waals surface area contributed by atoms with Gasteiger partial charge in [0.2, 0.25) is 0 Å². The Morgan fingerprint density at radius 2 is 1.24 bits per heavy atom. The van der Waals surface area contributed by atoms with Gasteiger partial charge in [-0.3, -0.25) is 0 Å². The first-order valence-corrected chi connectivity index (χ1v) is 13.0. The van der Waals surface area contributed by atoms with Crippen molar-refractivity contribution >= 4 is 0 Å². The fourth-order valence-corrected chi connectivity index (χ4v) is 6.22. The third-order valence-corrected chi connectivity index (χ3v) is 8.14. The lowest BCUT2D eigenvalue weighted by Crippen LogP contribution is -2.25. The van der Waals surface area contributed by atoms with Crippen LogP contribution in [-0.2, 0) is 0 Å². The van der Waals surface area contributed by atoms with E-state index in [4.69, 9.17) is 0 Å². The van der Waals surface area contributed by atoms with Gasteiger partial charge in [-0.1, -0.05) is 95.8 Å². The molecule has 0 radical (unpaired) electrons. The average molecular weight is 401 g/mol. The maximum Gasteiger partial charge on any atom is 0.126 e. The van der Waals surface area contributed by atoms with Gasteiger partial charge in [0.25, 0.3) is 0 Å². The Morgan fingerprint density at radius 1 is 0.690 bits per heavy atom. The Hall–Kier alpha value is -0.850. The van der Waals surface area contributed by atoms with E-state index in [1.165, 1.54) is 109 Å². The van der Waals surface area contributed by atoms with E-state index in [9.17, 15) is 4.39 Å². The molecule has 0 unspecified atom stereocenters. The van der Waals surface area contributed by atoms with Crippen molar-refractivity contribution in [2.45, 2.75) is 122 Å². The Labute approximate surface area is 180 Å². The first kappa shape index (κ1) is 22.8. The second-order valence-electron chi connectivity index (χ2n) is 10.2. The van der Waals surface area contributed by atoms with Crippen molar-refractivity contribution in [2.75, 3.05) is 0 Å². The van der Waals surface area contributed by atoms with Gasteiger partial charge < -0.3 is 0 Å². The van der Waals surface area contributed by atoms with E-state index in [0.717, 1.165) is 23.3 Å². The molecule has 2 fully saturated rings. The zero-order chi connectivity index (χ0) is 20.3. The molecular formula is C28H45F. The van der Waals surface area contributed by atoms with Crippen molar-refractivity contribution in [1.29, 1.82) is 0 Å². The van der Waals surface area contributed by atoms with Crippen LogP contribution < -0.4 is 0 Å². The number of hydrogen-bond acceptors (Lipinski definition) is 0. The largest absolute Gasteiger partial charge is 0.207 e. The zero-order valence-corrected chi connectivity index (χ0v) is 19.0. The minimum absolute atomic E-state index is 0.0115. The minimum atomic E-state index is 0.0115. The summed E-state index contributed by atoms with van der Waals surface area (Å²) in [5.41, 5.74) is 0.972. The second kappa shape index (κ2) is 12.8. The maximum absolute atomic E-state index is 14.1. The number of hydrogen-bond donors (Lipinski definition) is 0. The van der Waals surface area contributed by atoms with Crippen molar-refractivity contribution in [3.8, 4) is 0 Å². The van der Waals surface area contributed by atoms with Crippen LogP contribution in [0.5, 0.6) is 0 Å². The first-order valence-electron chi connectivity index (χ1n) is 13.0. The molecule has 0 saturated heterocycles. The highest BCUT2D eigenvalue weighted by Gasteiger charge is 2.31. The average Bonchev–Trinajstić information content (AvgIpc) is 2.77. The number of rotatable bonds is 11. The molecule has 0 atom stereocenters. The highest BCUT2D eigenvalue weighted by molar-refractivity contribution is 5.22. The van der Waals surface area contributed by atoms with Gasteiger partial charge in [0, 0.05) is 0 Å². The van der Waals surface area contributed by atoms with Crippen LogP contribution in [0.3, 0.4) is 0 Å². The summed E-state index contributed by atoms with van der Waals surface area (Å²) in [5.74, 6) is 3.37. The van der Waals surface area contributed by atoms with Crippen molar-refractivity contribution in [1.82, 2.24) is 0 Å². The molecule has 0 amide bonds. The van der Waals surface area contributed by atoms with Gasteiger partial charge in [-0.05, 0) is 73.8 Å². The molecule has 0 heterocycles. The fourth-order valence-electron chi connectivity index (χ4n) is 6.22. The van der Waals surface area contributed by atoms with Crippen molar-refractivity contribution in [3.63, 3.8) is 0 Å². The van der Waals surface area contributed by atoms with Crippen LogP contribution in [0.2, 0.25) is 0 Å². The molecular weight excluding hydrogens is 355 g/mol. The number of unbranched alkanes of at least 4 members (excludes halogenated alkanes) is 7. The van der Waals surface area contributed by atoms with Gasteiger partial charge >= 0.3 is 0 Å². The highest BCUT2D eigenvalue weighted by atomic mass is 19.1. The van der Waals surface area contributed by atoms with E-state index >= 15 is 0 Å². The standard InChI is InChI=1S/C28H45F/c1-2-3-4-5-6-7-8-9-12-23-15-17-24(18-16-23)25-19-21-26(22-20-25)27-13-10-11-14-28(27)29/h10-11,13-14,23-26H,2-9,12,15-22H2,1H3. The van der Waals surface area contributed by atoms with Crippen LogP contribution in [0.15, 0.2) is 24.3 Å². The topological polar surface area (TPSA) is 0 Å². The second-order valence-corrected chi connectivity index (χ2v) is 10.2. The van der Waals surface area contributed by atoms with E-state index in [0.29, 0.717) is 5.92 Å². The molecule has 164 valence electrons.